The Hall–Kier alpha value is -2.57. The molecule has 1 aliphatic heterocycles. The summed E-state index contributed by atoms with van der Waals surface area (Å²) in [7, 11) is 0. The molecule has 3 rings (SSSR count). The molecule has 152 valence electrons. The third kappa shape index (κ3) is 4.64. The third-order valence-electron chi connectivity index (χ3n) is 5.07. The van der Waals surface area contributed by atoms with E-state index in [2.05, 4.69) is 10.4 Å². The van der Waals surface area contributed by atoms with Crippen LogP contribution in [0.4, 0.5) is 4.79 Å². The van der Waals surface area contributed by atoms with Gasteiger partial charge >= 0.3 is 11.7 Å². The van der Waals surface area contributed by atoms with Crippen LogP contribution in [0.3, 0.4) is 0 Å². The van der Waals surface area contributed by atoms with E-state index < -0.39 is 0 Å². The molecule has 1 aromatic carbocycles. The Morgan fingerprint density at radius 2 is 1.82 bits per heavy atom. The predicted octanol–water partition coefficient (Wildman–Crippen LogP) is 2.80. The molecule has 1 fully saturated rings. The Morgan fingerprint density at radius 1 is 1.18 bits per heavy atom. The zero-order valence-electron chi connectivity index (χ0n) is 17.3. The Morgan fingerprint density at radius 3 is 2.39 bits per heavy atom. The van der Waals surface area contributed by atoms with E-state index in [0.717, 1.165) is 24.2 Å². The average Bonchev–Trinajstić information content (AvgIpc) is 2.97. The van der Waals surface area contributed by atoms with Crippen molar-refractivity contribution >= 4 is 6.03 Å². The van der Waals surface area contributed by atoms with Crippen LogP contribution in [-0.4, -0.2) is 43.9 Å². The fourth-order valence-corrected chi connectivity index (χ4v) is 3.66. The van der Waals surface area contributed by atoms with Crippen LogP contribution in [0.5, 0.6) is 0 Å². The van der Waals surface area contributed by atoms with Gasteiger partial charge in [-0.3, -0.25) is 4.57 Å². The largest absolute Gasteiger partial charge is 0.346 e. The van der Waals surface area contributed by atoms with Gasteiger partial charge in [-0.1, -0.05) is 30.3 Å². The molecule has 1 aliphatic rings. The molecule has 0 unspecified atom stereocenters. The number of likely N-dealkylation sites (tertiary alicyclic amines) is 1. The van der Waals surface area contributed by atoms with E-state index in [-0.39, 0.29) is 23.2 Å². The van der Waals surface area contributed by atoms with Gasteiger partial charge in [-0.2, -0.15) is 5.10 Å². The standard InChI is InChI=1S/C21H31N5O2/c1-5-25-18(23-26(20(25)28)15-16-9-7-6-8-10-16)17-11-13-24(14-12-17)19(27)22-21(2,3)4/h6-10,17H,5,11-15H2,1-4H3,(H,22,27). The highest BCUT2D eigenvalue weighted by Gasteiger charge is 2.29. The van der Waals surface area contributed by atoms with Gasteiger partial charge in [-0.05, 0) is 46.1 Å². The van der Waals surface area contributed by atoms with Crippen LogP contribution in [0.25, 0.3) is 0 Å². The first-order valence-electron chi connectivity index (χ1n) is 10.1. The van der Waals surface area contributed by atoms with Crippen LogP contribution in [0.1, 0.15) is 57.8 Å². The van der Waals surface area contributed by atoms with Gasteiger partial charge in [-0.25, -0.2) is 14.3 Å². The van der Waals surface area contributed by atoms with E-state index in [9.17, 15) is 9.59 Å². The topological polar surface area (TPSA) is 72.2 Å². The smallest absolute Gasteiger partial charge is 0.333 e. The van der Waals surface area contributed by atoms with Crippen molar-refractivity contribution in [2.45, 2.75) is 65.1 Å². The quantitative estimate of drug-likeness (QED) is 0.880. The molecule has 2 heterocycles. The first-order valence-corrected chi connectivity index (χ1v) is 10.1. The van der Waals surface area contributed by atoms with Crippen LogP contribution in [0.15, 0.2) is 35.1 Å². The highest BCUT2D eigenvalue weighted by molar-refractivity contribution is 5.75. The van der Waals surface area contributed by atoms with Crippen molar-refractivity contribution in [3.8, 4) is 0 Å². The Balaban J connectivity index is 1.71. The molecule has 2 aromatic rings. The van der Waals surface area contributed by atoms with Gasteiger partial charge < -0.3 is 10.2 Å². The number of hydrogen-bond acceptors (Lipinski definition) is 3. The molecular formula is C21H31N5O2. The maximum Gasteiger partial charge on any atom is 0.346 e. The van der Waals surface area contributed by atoms with Crippen LogP contribution in [0, 0.1) is 0 Å². The van der Waals surface area contributed by atoms with Gasteiger partial charge in [0.05, 0.1) is 6.54 Å². The molecule has 7 heteroatoms. The molecule has 28 heavy (non-hydrogen) atoms. The molecule has 0 aliphatic carbocycles. The van der Waals surface area contributed by atoms with Crippen LogP contribution < -0.4 is 11.0 Å². The number of carbonyl (C=O) groups is 1. The molecular weight excluding hydrogens is 354 g/mol. The van der Waals surface area contributed by atoms with Gasteiger partial charge in [0.25, 0.3) is 0 Å². The van der Waals surface area contributed by atoms with Crippen LogP contribution in [-0.2, 0) is 13.1 Å². The predicted molar refractivity (Wildman–Crippen MR) is 110 cm³/mol. The highest BCUT2D eigenvalue weighted by atomic mass is 16.2. The maximum absolute atomic E-state index is 12.8. The second-order valence-electron chi connectivity index (χ2n) is 8.47. The van der Waals surface area contributed by atoms with Gasteiger partial charge in [0.2, 0.25) is 0 Å². The molecule has 0 bridgehead atoms. The summed E-state index contributed by atoms with van der Waals surface area (Å²) in [6, 6.07) is 9.89. The van der Waals surface area contributed by atoms with Crippen molar-refractivity contribution in [2.75, 3.05) is 13.1 Å². The van der Waals surface area contributed by atoms with E-state index >= 15 is 0 Å². The zero-order valence-corrected chi connectivity index (χ0v) is 17.3. The number of aromatic nitrogens is 3. The van der Waals surface area contributed by atoms with E-state index in [1.807, 2.05) is 62.9 Å². The SMILES string of the molecule is CCn1c(C2CCN(C(=O)NC(C)(C)C)CC2)nn(Cc2ccccc2)c1=O. The zero-order chi connectivity index (χ0) is 20.3. The van der Waals surface area contributed by atoms with Crippen molar-refractivity contribution in [1.29, 1.82) is 0 Å². The first-order chi connectivity index (χ1) is 13.3. The number of benzene rings is 1. The van der Waals surface area contributed by atoms with E-state index in [4.69, 9.17) is 0 Å². The fraction of sp³-hybridized carbons (Fsp3) is 0.571. The first kappa shape index (κ1) is 20.2. The monoisotopic (exact) mass is 385 g/mol. The van der Waals surface area contributed by atoms with Gasteiger partial charge in [0.15, 0.2) is 0 Å². The number of urea groups is 1. The lowest BCUT2D eigenvalue weighted by molar-refractivity contribution is 0.171. The number of nitrogens with zero attached hydrogens (tertiary/aromatic N) is 4. The van der Waals surface area contributed by atoms with Gasteiger partial charge in [0, 0.05) is 31.1 Å². The summed E-state index contributed by atoms with van der Waals surface area (Å²) in [4.78, 5) is 27.0. The average molecular weight is 386 g/mol. The fourth-order valence-electron chi connectivity index (χ4n) is 3.66. The summed E-state index contributed by atoms with van der Waals surface area (Å²) >= 11 is 0. The third-order valence-corrected chi connectivity index (χ3v) is 5.07. The molecule has 1 aromatic heterocycles. The van der Waals surface area contributed by atoms with Crippen LogP contribution in [0.2, 0.25) is 0 Å². The Bertz CT molecular complexity index is 855. The lowest BCUT2D eigenvalue weighted by Gasteiger charge is -2.34. The lowest BCUT2D eigenvalue weighted by Crippen LogP contribution is -2.50. The number of rotatable bonds is 4. The summed E-state index contributed by atoms with van der Waals surface area (Å²) in [6.07, 6.45) is 1.64. The minimum absolute atomic E-state index is 0.0200. The second-order valence-corrected chi connectivity index (χ2v) is 8.47. The highest BCUT2D eigenvalue weighted by Crippen LogP contribution is 2.26. The summed E-state index contributed by atoms with van der Waals surface area (Å²) in [5, 5.41) is 7.70. The molecule has 0 radical (unpaired) electrons. The van der Waals surface area contributed by atoms with Gasteiger partial charge in [-0.15, -0.1) is 0 Å². The molecule has 7 nitrogen and oxygen atoms in total. The molecule has 1 N–H and O–H groups in total. The minimum Gasteiger partial charge on any atom is -0.333 e. The van der Waals surface area contributed by atoms with Crippen molar-refractivity contribution in [3.63, 3.8) is 0 Å². The molecule has 1 saturated heterocycles. The normalized spacial score (nSPS) is 15.6. The summed E-state index contributed by atoms with van der Waals surface area (Å²) in [5.41, 5.74) is 0.757. The molecule has 0 spiro atoms. The summed E-state index contributed by atoms with van der Waals surface area (Å²) < 4.78 is 3.34. The number of nitrogens with one attached hydrogen (secondary N) is 1. The molecule has 0 atom stereocenters. The number of hydrogen-bond donors (Lipinski definition) is 1. The van der Waals surface area contributed by atoms with E-state index in [0.29, 0.717) is 26.2 Å². The number of piperidine rings is 1. The minimum atomic E-state index is -0.243. The van der Waals surface area contributed by atoms with E-state index in [1.54, 1.807) is 9.25 Å². The van der Waals surface area contributed by atoms with Crippen molar-refractivity contribution in [3.05, 3.63) is 52.2 Å². The molecule has 2 amide bonds. The Labute approximate surface area is 166 Å². The lowest BCUT2D eigenvalue weighted by atomic mass is 9.96. The maximum atomic E-state index is 12.8. The summed E-state index contributed by atoms with van der Waals surface area (Å²) in [6.45, 7) is 10.4. The van der Waals surface area contributed by atoms with Crippen molar-refractivity contribution in [2.24, 2.45) is 0 Å². The molecule has 0 saturated carbocycles. The van der Waals surface area contributed by atoms with Gasteiger partial charge in [0.1, 0.15) is 5.82 Å². The van der Waals surface area contributed by atoms with Crippen molar-refractivity contribution in [1.82, 2.24) is 24.6 Å². The summed E-state index contributed by atoms with van der Waals surface area (Å²) in [5.74, 6) is 1.04. The number of carbonyl (C=O) groups excluding carboxylic acids is 1. The van der Waals surface area contributed by atoms with E-state index in [1.165, 1.54) is 0 Å². The number of amides is 2. The Kier molecular flexibility index (Phi) is 5.91. The second kappa shape index (κ2) is 8.20. The van der Waals surface area contributed by atoms with Crippen molar-refractivity contribution < 1.29 is 4.79 Å². The van der Waals surface area contributed by atoms with Crippen LogP contribution >= 0.6 is 0 Å².